The zero-order chi connectivity index (χ0) is 9.84. The lowest BCUT2D eigenvalue weighted by molar-refractivity contribution is 0.0587. The normalized spacial score (nSPS) is 9.31. The molecule has 0 aromatic carbocycles. The number of aromatic nitrogens is 2. The monoisotopic (exact) mass is 243 g/mol. The number of nitrogens with zero attached hydrogens (tertiary/aromatic N) is 3. The fourth-order valence-corrected chi connectivity index (χ4v) is 1.25. The number of hydrogen-bond donors (Lipinski definition) is 0. The van der Waals surface area contributed by atoms with Crippen LogP contribution in [0.5, 0.6) is 0 Å². The summed E-state index contributed by atoms with van der Waals surface area (Å²) < 4.78 is 6.28. The lowest BCUT2D eigenvalue weighted by Gasteiger charge is -1.99. The van der Waals surface area contributed by atoms with Crippen molar-refractivity contribution in [3.8, 4) is 6.07 Å². The highest BCUT2D eigenvalue weighted by atomic mass is 79.9. The molecule has 0 saturated heterocycles. The third kappa shape index (κ3) is 2.06. The van der Waals surface area contributed by atoms with Crippen molar-refractivity contribution < 1.29 is 9.53 Å². The molecule has 0 fully saturated rings. The van der Waals surface area contributed by atoms with Crippen LogP contribution in [0.1, 0.15) is 10.5 Å². The summed E-state index contributed by atoms with van der Waals surface area (Å²) in [6.45, 7) is 0.0238. The van der Waals surface area contributed by atoms with Crippen molar-refractivity contribution in [1.29, 1.82) is 5.26 Å². The van der Waals surface area contributed by atoms with Gasteiger partial charge in [0.2, 0.25) is 0 Å². The van der Waals surface area contributed by atoms with E-state index in [2.05, 4.69) is 25.8 Å². The van der Waals surface area contributed by atoms with Gasteiger partial charge < -0.3 is 4.74 Å². The Labute approximate surface area is 83.0 Å². The fourth-order valence-electron chi connectivity index (χ4n) is 0.842. The van der Waals surface area contributed by atoms with E-state index >= 15 is 0 Å². The number of nitriles is 1. The van der Waals surface area contributed by atoms with Gasteiger partial charge in [-0.25, -0.2) is 9.48 Å². The van der Waals surface area contributed by atoms with E-state index in [0.29, 0.717) is 4.60 Å². The van der Waals surface area contributed by atoms with Gasteiger partial charge in [-0.2, -0.15) is 10.4 Å². The number of hydrogen-bond acceptors (Lipinski definition) is 4. The Morgan fingerprint density at radius 3 is 3.15 bits per heavy atom. The summed E-state index contributed by atoms with van der Waals surface area (Å²) in [6.07, 6.45) is 0. The third-order valence-corrected chi connectivity index (χ3v) is 1.75. The van der Waals surface area contributed by atoms with Crippen molar-refractivity contribution in [3.05, 3.63) is 16.4 Å². The van der Waals surface area contributed by atoms with Gasteiger partial charge in [-0.05, 0) is 15.9 Å². The quantitative estimate of drug-likeness (QED) is 0.726. The van der Waals surface area contributed by atoms with Gasteiger partial charge >= 0.3 is 5.97 Å². The molecule has 5 nitrogen and oxygen atoms in total. The minimum atomic E-state index is -0.506. The number of esters is 1. The number of carbonyl (C=O) groups excluding carboxylic acids is 1. The molecule has 0 amide bonds. The summed E-state index contributed by atoms with van der Waals surface area (Å²) >= 11 is 3.10. The number of rotatable bonds is 2. The molecule has 0 radical (unpaired) electrons. The summed E-state index contributed by atoms with van der Waals surface area (Å²) in [6, 6.07) is 3.39. The molecule has 1 aromatic rings. The van der Waals surface area contributed by atoms with Gasteiger partial charge in [0.25, 0.3) is 0 Å². The zero-order valence-corrected chi connectivity index (χ0v) is 8.41. The highest BCUT2D eigenvalue weighted by molar-refractivity contribution is 9.10. The maximum atomic E-state index is 11.1. The molecule has 0 atom stereocenters. The van der Waals surface area contributed by atoms with E-state index in [9.17, 15) is 4.79 Å². The Morgan fingerprint density at radius 2 is 2.62 bits per heavy atom. The predicted molar refractivity (Wildman–Crippen MR) is 46.9 cm³/mol. The van der Waals surface area contributed by atoms with Gasteiger partial charge in [-0.3, -0.25) is 0 Å². The molecular formula is C7H6BrN3O2. The average molecular weight is 244 g/mol. The van der Waals surface area contributed by atoms with E-state index in [1.54, 1.807) is 0 Å². The first-order chi connectivity index (χ1) is 6.19. The van der Waals surface area contributed by atoms with Crippen LogP contribution in [0.4, 0.5) is 0 Å². The second kappa shape index (κ2) is 4.05. The molecule has 0 spiro atoms. The number of ether oxygens (including phenoxy) is 1. The summed E-state index contributed by atoms with van der Waals surface area (Å²) in [7, 11) is 1.28. The van der Waals surface area contributed by atoms with Crippen LogP contribution in [0.2, 0.25) is 0 Å². The molecule has 0 aliphatic heterocycles. The van der Waals surface area contributed by atoms with Crippen LogP contribution in [0.3, 0.4) is 0 Å². The highest BCUT2D eigenvalue weighted by Gasteiger charge is 2.13. The smallest absolute Gasteiger partial charge is 0.356 e. The Balaban J connectivity index is 3.05. The van der Waals surface area contributed by atoms with Gasteiger partial charge in [-0.1, -0.05) is 0 Å². The molecule has 0 unspecified atom stereocenters. The van der Waals surface area contributed by atoms with E-state index in [1.165, 1.54) is 17.9 Å². The number of carbonyl (C=O) groups is 1. The molecule has 1 heterocycles. The molecule has 6 heteroatoms. The molecule has 1 aromatic heterocycles. The Morgan fingerprint density at radius 1 is 1.92 bits per heavy atom. The Bertz CT molecular complexity index is 366. The first-order valence-corrected chi connectivity index (χ1v) is 4.17. The van der Waals surface area contributed by atoms with Crippen molar-refractivity contribution in [2.75, 3.05) is 7.11 Å². The maximum absolute atomic E-state index is 11.1. The molecule has 0 saturated carbocycles. The van der Waals surface area contributed by atoms with Gasteiger partial charge in [0.1, 0.15) is 16.8 Å². The second-order valence-corrected chi connectivity index (χ2v) is 2.97. The topological polar surface area (TPSA) is 67.9 Å². The first kappa shape index (κ1) is 9.74. The van der Waals surface area contributed by atoms with Crippen LogP contribution in [-0.4, -0.2) is 22.9 Å². The lowest BCUT2D eigenvalue weighted by Crippen LogP contribution is -2.11. The highest BCUT2D eigenvalue weighted by Crippen LogP contribution is 2.11. The van der Waals surface area contributed by atoms with Gasteiger partial charge in [0, 0.05) is 6.07 Å². The van der Waals surface area contributed by atoms with Crippen LogP contribution < -0.4 is 0 Å². The SMILES string of the molecule is COC(=O)c1cc(Br)nn1CC#N. The van der Waals surface area contributed by atoms with Crippen LogP contribution >= 0.6 is 15.9 Å². The molecule has 0 N–H and O–H groups in total. The minimum Gasteiger partial charge on any atom is -0.464 e. The van der Waals surface area contributed by atoms with Crippen molar-refractivity contribution in [2.24, 2.45) is 0 Å². The zero-order valence-electron chi connectivity index (χ0n) is 6.82. The van der Waals surface area contributed by atoms with E-state index in [-0.39, 0.29) is 12.2 Å². The lowest BCUT2D eigenvalue weighted by atomic mass is 10.4. The predicted octanol–water partition coefficient (Wildman–Crippen LogP) is 0.956. The molecule has 0 bridgehead atoms. The van der Waals surface area contributed by atoms with E-state index < -0.39 is 5.97 Å². The first-order valence-electron chi connectivity index (χ1n) is 3.37. The standard InChI is InChI=1S/C7H6BrN3O2/c1-13-7(12)5-4-6(8)10-11(5)3-2-9/h4H,3H2,1H3. The minimum absolute atomic E-state index is 0.0238. The Hall–Kier alpha value is -1.35. The van der Waals surface area contributed by atoms with E-state index in [4.69, 9.17) is 5.26 Å². The van der Waals surface area contributed by atoms with Crippen LogP contribution in [0.15, 0.2) is 10.7 Å². The molecule has 13 heavy (non-hydrogen) atoms. The van der Waals surface area contributed by atoms with Crippen molar-refractivity contribution >= 4 is 21.9 Å². The molecule has 0 aliphatic rings. The van der Waals surface area contributed by atoms with Crippen molar-refractivity contribution in [1.82, 2.24) is 9.78 Å². The summed E-state index contributed by atoms with van der Waals surface area (Å²) in [5, 5.41) is 12.3. The fraction of sp³-hybridized carbons (Fsp3) is 0.286. The van der Waals surface area contributed by atoms with E-state index in [0.717, 1.165) is 0 Å². The molecule has 68 valence electrons. The van der Waals surface area contributed by atoms with Crippen molar-refractivity contribution in [3.63, 3.8) is 0 Å². The number of halogens is 1. The molecule has 1 rings (SSSR count). The average Bonchev–Trinajstić information content (AvgIpc) is 2.46. The Kier molecular flexibility index (Phi) is 3.03. The largest absolute Gasteiger partial charge is 0.464 e. The van der Waals surface area contributed by atoms with Gasteiger partial charge in [0.05, 0.1) is 13.2 Å². The summed E-state index contributed by atoms with van der Waals surface area (Å²) in [4.78, 5) is 11.1. The summed E-state index contributed by atoms with van der Waals surface area (Å²) in [5.41, 5.74) is 0.260. The van der Waals surface area contributed by atoms with Crippen LogP contribution in [-0.2, 0) is 11.3 Å². The number of methoxy groups -OCH3 is 1. The molecule has 0 aliphatic carbocycles. The van der Waals surface area contributed by atoms with Crippen LogP contribution in [0.25, 0.3) is 0 Å². The van der Waals surface area contributed by atoms with Gasteiger partial charge in [-0.15, -0.1) is 0 Å². The molecular weight excluding hydrogens is 238 g/mol. The maximum Gasteiger partial charge on any atom is 0.356 e. The second-order valence-electron chi connectivity index (χ2n) is 2.16. The van der Waals surface area contributed by atoms with Crippen LogP contribution in [0, 0.1) is 11.3 Å². The summed E-state index contributed by atoms with van der Waals surface area (Å²) in [5.74, 6) is -0.506. The third-order valence-electron chi connectivity index (χ3n) is 1.37. The van der Waals surface area contributed by atoms with Crippen molar-refractivity contribution in [2.45, 2.75) is 6.54 Å². The van der Waals surface area contributed by atoms with Gasteiger partial charge in [0.15, 0.2) is 0 Å². The van der Waals surface area contributed by atoms with E-state index in [1.807, 2.05) is 6.07 Å².